The third kappa shape index (κ3) is 9.76. The van der Waals surface area contributed by atoms with Gasteiger partial charge in [-0.3, -0.25) is 0 Å². The molecular formula is C31H48N2O. The first-order valence-corrected chi connectivity index (χ1v) is 14.3. The first-order valence-electron chi connectivity index (χ1n) is 14.3. The molecule has 0 saturated heterocycles. The molecule has 1 saturated carbocycles. The van der Waals surface area contributed by atoms with Crippen molar-refractivity contribution in [3.8, 4) is 5.75 Å². The summed E-state index contributed by atoms with van der Waals surface area (Å²) in [5.74, 6) is 3.24. The van der Waals surface area contributed by atoms with Crippen LogP contribution in [0.1, 0.15) is 127 Å². The maximum Gasteiger partial charge on any atom is 0.131 e. The fourth-order valence-electron chi connectivity index (χ4n) is 5.12. The second-order valence-electron chi connectivity index (χ2n) is 10.5. The minimum absolute atomic E-state index is 0.520. The van der Waals surface area contributed by atoms with Gasteiger partial charge in [-0.1, -0.05) is 77.3 Å². The lowest BCUT2D eigenvalue weighted by molar-refractivity contribution is 0.198. The van der Waals surface area contributed by atoms with Crippen molar-refractivity contribution in [3.05, 3.63) is 53.6 Å². The van der Waals surface area contributed by atoms with Gasteiger partial charge in [0.15, 0.2) is 0 Å². The normalized spacial score (nSPS) is 18.2. The Morgan fingerprint density at radius 3 is 1.91 bits per heavy atom. The van der Waals surface area contributed by atoms with Gasteiger partial charge in [-0.25, -0.2) is 9.97 Å². The molecule has 1 aliphatic rings. The fraction of sp³-hybridized carbons (Fsp3) is 0.677. The maximum absolute atomic E-state index is 6.13. The van der Waals surface area contributed by atoms with Gasteiger partial charge in [-0.15, -0.1) is 0 Å². The van der Waals surface area contributed by atoms with E-state index in [1.807, 2.05) is 0 Å². The minimum atomic E-state index is 0.520. The van der Waals surface area contributed by atoms with Crippen LogP contribution in [0.15, 0.2) is 36.7 Å². The van der Waals surface area contributed by atoms with Gasteiger partial charge in [0.1, 0.15) is 11.6 Å². The second kappa shape index (κ2) is 15.9. The van der Waals surface area contributed by atoms with Crippen molar-refractivity contribution in [2.24, 2.45) is 5.92 Å². The summed E-state index contributed by atoms with van der Waals surface area (Å²) in [6.45, 7) is 5.37. The highest BCUT2D eigenvalue weighted by atomic mass is 16.5. The number of hydrogen-bond donors (Lipinski definition) is 0. The Balaban J connectivity index is 1.30. The van der Waals surface area contributed by atoms with Crippen LogP contribution >= 0.6 is 0 Å². The quantitative estimate of drug-likeness (QED) is 0.233. The van der Waals surface area contributed by atoms with E-state index in [-0.39, 0.29) is 0 Å². The summed E-state index contributed by atoms with van der Waals surface area (Å²) >= 11 is 0. The Hall–Kier alpha value is -1.90. The SMILES string of the molecule is CCCCCCCCCc1cnc(C2CCC(COc3ccc(CCCCC)cc3)CC2)nc1. The van der Waals surface area contributed by atoms with Crippen LogP contribution in [-0.4, -0.2) is 16.6 Å². The molecule has 3 heteroatoms. The van der Waals surface area contributed by atoms with Gasteiger partial charge in [0.05, 0.1) is 6.61 Å². The molecule has 34 heavy (non-hydrogen) atoms. The Kier molecular flexibility index (Phi) is 12.5. The molecule has 1 heterocycles. The van der Waals surface area contributed by atoms with E-state index in [1.54, 1.807) is 0 Å². The molecule has 2 aromatic rings. The van der Waals surface area contributed by atoms with Crippen LogP contribution in [0.25, 0.3) is 0 Å². The average molecular weight is 465 g/mol. The summed E-state index contributed by atoms with van der Waals surface area (Å²) in [5.41, 5.74) is 2.73. The Morgan fingerprint density at radius 1 is 0.676 bits per heavy atom. The first kappa shape index (κ1) is 26.7. The summed E-state index contributed by atoms with van der Waals surface area (Å²) in [5, 5.41) is 0. The lowest BCUT2D eigenvalue weighted by Gasteiger charge is -2.27. The molecule has 0 bridgehead atoms. The predicted octanol–water partition coefficient (Wildman–Crippen LogP) is 8.86. The molecule has 3 rings (SSSR count). The highest BCUT2D eigenvalue weighted by molar-refractivity contribution is 5.27. The Morgan fingerprint density at radius 2 is 1.24 bits per heavy atom. The number of unbranched alkanes of at least 4 members (excludes halogenated alkanes) is 8. The zero-order valence-electron chi connectivity index (χ0n) is 21.9. The molecular weight excluding hydrogens is 416 g/mol. The zero-order chi connectivity index (χ0) is 23.8. The number of hydrogen-bond acceptors (Lipinski definition) is 3. The summed E-state index contributed by atoms with van der Waals surface area (Å²) < 4.78 is 6.13. The van der Waals surface area contributed by atoms with Crippen molar-refractivity contribution < 1.29 is 4.74 Å². The maximum atomic E-state index is 6.13. The van der Waals surface area contributed by atoms with Crippen LogP contribution < -0.4 is 4.74 Å². The van der Waals surface area contributed by atoms with Crippen LogP contribution in [0.3, 0.4) is 0 Å². The molecule has 1 fully saturated rings. The molecule has 1 aromatic heterocycles. The lowest BCUT2D eigenvalue weighted by Crippen LogP contribution is -2.20. The van der Waals surface area contributed by atoms with Crippen LogP contribution in [0.4, 0.5) is 0 Å². The van der Waals surface area contributed by atoms with Crippen molar-refractivity contribution in [1.29, 1.82) is 0 Å². The molecule has 0 aliphatic heterocycles. The number of aromatic nitrogens is 2. The molecule has 3 nitrogen and oxygen atoms in total. The molecule has 1 aliphatic carbocycles. The van der Waals surface area contributed by atoms with E-state index in [1.165, 1.54) is 107 Å². The third-order valence-corrected chi connectivity index (χ3v) is 7.48. The molecule has 188 valence electrons. The Bertz CT molecular complexity index is 763. The van der Waals surface area contributed by atoms with Crippen molar-refractivity contribution in [1.82, 2.24) is 9.97 Å². The standard InChI is InChI=1S/C31H48N2O/c1-3-5-7-8-9-10-12-14-28-23-32-31(33-24-28)29-19-15-27(16-20-29)25-34-30-21-17-26(18-22-30)13-11-6-4-2/h17-18,21-24,27,29H,3-16,19-20,25H2,1-2H3. The van der Waals surface area contributed by atoms with E-state index in [2.05, 4.69) is 50.5 Å². The van der Waals surface area contributed by atoms with E-state index in [9.17, 15) is 0 Å². The van der Waals surface area contributed by atoms with Gasteiger partial charge < -0.3 is 4.74 Å². The van der Waals surface area contributed by atoms with Crippen LogP contribution in [-0.2, 0) is 12.8 Å². The Labute approximate surface area is 209 Å². The van der Waals surface area contributed by atoms with Gasteiger partial charge in [0, 0.05) is 18.3 Å². The molecule has 0 N–H and O–H groups in total. The van der Waals surface area contributed by atoms with Crippen molar-refractivity contribution in [2.75, 3.05) is 6.61 Å². The molecule has 0 amide bonds. The molecule has 1 aromatic carbocycles. The van der Waals surface area contributed by atoms with Crippen LogP contribution in [0.2, 0.25) is 0 Å². The molecule has 0 spiro atoms. The monoisotopic (exact) mass is 464 g/mol. The van der Waals surface area contributed by atoms with E-state index < -0.39 is 0 Å². The first-order chi connectivity index (χ1) is 16.8. The smallest absolute Gasteiger partial charge is 0.131 e. The van der Waals surface area contributed by atoms with Crippen LogP contribution in [0.5, 0.6) is 5.75 Å². The van der Waals surface area contributed by atoms with E-state index in [0.717, 1.165) is 24.6 Å². The topological polar surface area (TPSA) is 35.0 Å². The fourth-order valence-corrected chi connectivity index (χ4v) is 5.12. The van der Waals surface area contributed by atoms with Crippen molar-refractivity contribution in [3.63, 3.8) is 0 Å². The number of nitrogens with zero attached hydrogens (tertiary/aromatic N) is 2. The molecule has 0 radical (unpaired) electrons. The van der Waals surface area contributed by atoms with Gasteiger partial charge in [-0.05, 0) is 80.5 Å². The van der Waals surface area contributed by atoms with Crippen molar-refractivity contribution in [2.45, 2.75) is 122 Å². The highest BCUT2D eigenvalue weighted by Crippen LogP contribution is 2.34. The predicted molar refractivity (Wildman–Crippen MR) is 144 cm³/mol. The van der Waals surface area contributed by atoms with E-state index in [4.69, 9.17) is 14.7 Å². The summed E-state index contributed by atoms with van der Waals surface area (Å²) in [7, 11) is 0. The lowest BCUT2D eigenvalue weighted by atomic mass is 9.82. The summed E-state index contributed by atoms with van der Waals surface area (Å²) in [6, 6.07) is 8.76. The second-order valence-corrected chi connectivity index (χ2v) is 10.5. The van der Waals surface area contributed by atoms with E-state index in [0.29, 0.717) is 11.8 Å². The minimum Gasteiger partial charge on any atom is -0.493 e. The van der Waals surface area contributed by atoms with E-state index >= 15 is 0 Å². The average Bonchev–Trinajstić information content (AvgIpc) is 2.88. The number of benzene rings is 1. The van der Waals surface area contributed by atoms with Crippen LogP contribution in [0, 0.1) is 5.92 Å². The third-order valence-electron chi connectivity index (χ3n) is 7.48. The molecule has 0 unspecified atom stereocenters. The number of ether oxygens (including phenoxy) is 1. The van der Waals surface area contributed by atoms with Gasteiger partial charge in [0.2, 0.25) is 0 Å². The molecule has 0 atom stereocenters. The number of aryl methyl sites for hydroxylation is 2. The highest BCUT2D eigenvalue weighted by Gasteiger charge is 2.24. The van der Waals surface area contributed by atoms with Gasteiger partial charge in [0.25, 0.3) is 0 Å². The summed E-state index contributed by atoms with van der Waals surface area (Å²) in [6.07, 6.45) is 24.6. The number of rotatable bonds is 16. The van der Waals surface area contributed by atoms with Gasteiger partial charge in [-0.2, -0.15) is 0 Å². The van der Waals surface area contributed by atoms with Gasteiger partial charge >= 0.3 is 0 Å². The largest absolute Gasteiger partial charge is 0.493 e. The van der Waals surface area contributed by atoms with Crippen molar-refractivity contribution >= 4 is 0 Å². The zero-order valence-corrected chi connectivity index (χ0v) is 21.9. The summed E-state index contributed by atoms with van der Waals surface area (Å²) in [4.78, 5) is 9.51.